The van der Waals surface area contributed by atoms with Crippen molar-refractivity contribution < 1.29 is 18.3 Å². The van der Waals surface area contributed by atoms with Crippen LogP contribution in [0.5, 0.6) is 6.01 Å². The Balaban J connectivity index is 2.17. The second-order valence-corrected chi connectivity index (χ2v) is 3.53. The van der Waals surface area contributed by atoms with Gasteiger partial charge in [0.15, 0.2) is 0 Å². The Hall–Kier alpha value is -1.98. The fraction of sp³-hybridized carbons (Fsp3) is 0.182. The molecule has 0 aliphatic heterocycles. The van der Waals surface area contributed by atoms with Crippen LogP contribution in [-0.2, 0) is 12.7 Å². The monoisotopic (exact) mass is 241 g/mol. The molecule has 17 heavy (non-hydrogen) atoms. The van der Waals surface area contributed by atoms with Gasteiger partial charge >= 0.3 is 6.18 Å². The summed E-state index contributed by atoms with van der Waals surface area (Å²) in [5, 5.41) is 11.1. The first-order valence-corrected chi connectivity index (χ1v) is 4.81. The van der Waals surface area contributed by atoms with E-state index in [-0.39, 0.29) is 6.54 Å². The fourth-order valence-corrected chi connectivity index (χ4v) is 1.43. The third-order valence-corrected chi connectivity index (χ3v) is 2.31. The number of halogens is 3. The molecule has 0 aliphatic rings. The molecule has 6 heteroatoms. The van der Waals surface area contributed by atoms with Crippen molar-refractivity contribution in [3.63, 3.8) is 0 Å². The summed E-state index contributed by atoms with van der Waals surface area (Å²) in [6.07, 6.45) is -1.50. The van der Waals surface area contributed by atoms with E-state index in [0.717, 1.165) is 12.1 Å². The number of imidazole rings is 1. The Morgan fingerprint density at radius 2 is 1.82 bits per heavy atom. The highest BCUT2D eigenvalue weighted by atomic mass is 19.4. The SMILES string of the molecule is [O-]c1nccn1Cc1ccc(C(F)(F)F)cc1. The van der Waals surface area contributed by atoms with Crippen molar-refractivity contribution in [1.82, 2.24) is 9.55 Å². The van der Waals surface area contributed by atoms with Crippen LogP contribution in [0.1, 0.15) is 11.1 Å². The Morgan fingerprint density at radius 1 is 1.18 bits per heavy atom. The third kappa shape index (κ3) is 2.58. The molecule has 90 valence electrons. The van der Waals surface area contributed by atoms with Crippen LogP contribution in [0.3, 0.4) is 0 Å². The van der Waals surface area contributed by atoms with Gasteiger partial charge in [-0.15, -0.1) is 0 Å². The minimum Gasteiger partial charge on any atom is -0.846 e. The Morgan fingerprint density at radius 3 is 2.29 bits per heavy atom. The van der Waals surface area contributed by atoms with Crippen molar-refractivity contribution in [2.45, 2.75) is 12.7 Å². The molecule has 0 saturated carbocycles. The maximum atomic E-state index is 12.3. The number of hydrogen-bond donors (Lipinski definition) is 0. The Bertz CT molecular complexity index is 502. The van der Waals surface area contributed by atoms with Crippen LogP contribution in [0, 0.1) is 0 Å². The van der Waals surface area contributed by atoms with E-state index in [1.807, 2.05) is 0 Å². The van der Waals surface area contributed by atoms with E-state index in [9.17, 15) is 18.3 Å². The summed E-state index contributed by atoms with van der Waals surface area (Å²) in [6.45, 7) is 0.219. The largest absolute Gasteiger partial charge is 0.846 e. The first-order valence-electron chi connectivity index (χ1n) is 4.81. The van der Waals surface area contributed by atoms with Gasteiger partial charge in [0.25, 0.3) is 0 Å². The average molecular weight is 241 g/mol. The summed E-state index contributed by atoms with van der Waals surface area (Å²) in [5.41, 5.74) is -0.0812. The molecule has 0 atom stereocenters. The quantitative estimate of drug-likeness (QED) is 0.807. The van der Waals surface area contributed by atoms with Gasteiger partial charge < -0.3 is 9.67 Å². The van der Waals surface area contributed by atoms with Crippen LogP contribution in [0.2, 0.25) is 0 Å². The molecule has 0 spiro atoms. The Kier molecular flexibility index (Phi) is 2.79. The van der Waals surface area contributed by atoms with Crippen LogP contribution in [0.15, 0.2) is 36.7 Å². The van der Waals surface area contributed by atoms with Crippen molar-refractivity contribution in [2.24, 2.45) is 0 Å². The molecule has 2 rings (SSSR count). The van der Waals surface area contributed by atoms with Gasteiger partial charge in [-0.1, -0.05) is 12.1 Å². The lowest BCUT2D eigenvalue weighted by Crippen LogP contribution is -2.07. The topological polar surface area (TPSA) is 40.9 Å². The standard InChI is InChI=1S/C11H9F3N2O/c12-11(13,14)9-3-1-8(2-4-9)7-16-6-5-15-10(16)17/h1-6H,7H2,(H,15,17)/p-1. The van der Waals surface area contributed by atoms with E-state index in [1.165, 1.54) is 29.1 Å². The number of aromatic nitrogens is 2. The molecule has 1 aromatic heterocycles. The zero-order valence-corrected chi connectivity index (χ0v) is 8.61. The maximum Gasteiger partial charge on any atom is 0.416 e. The number of nitrogens with zero attached hydrogens (tertiary/aromatic N) is 2. The third-order valence-electron chi connectivity index (χ3n) is 2.31. The van der Waals surface area contributed by atoms with E-state index in [4.69, 9.17) is 0 Å². The van der Waals surface area contributed by atoms with Crippen LogP contribution < -0.4 is 5.11 Å². The van der Waals surface area contributed by atoms with E-state index >= 15 is 0 Å². The van der Waals surface area contributed by atoms with Crippen LogP contribution >= 0.6 is 0 Å². The van der Waals surface area contributed by atoms with E-state index in [2.05, 4.69) is 4.98 Å². The van der Waals surface area contributed by atoms with Gasteiger partial charge in [0.05, 0.1) is 11.6 Å². The lowest BCUT2D eigenvalue weighted by molar-refractivity contribution is -0.285. The minimum atomic E-state index is -4.34. The van der Waals surface area contributed by atoms with E-state index in [0.29, 0.717) is 5.56 Å². The summed E-state index contributed by atoms with van der Waals surface area (Å²) in [7, 11) is 0. The van der Waals surface area contributed by atoms with Crippen molar-refractivity contribution >= 4 is 0 Å². The highest BCUT2D eigenvalue weighted by molar-refractivity contribution is 5.25. The lowest BCUT2D eigenvalue weighted by Gasteiger charge is -2.11. The van der Waals surface area contributed by atoms with Gasteiger partial charge in [-0.2, -0.15) is 13.2 Å². The van der Waals surface area contributed by atoms with Crippen molar-refractivity contribution in [3.05, 3.63) is 47.8 Å². The van der Waals surface area contributed by atoms with Crippen molar-refractivity contribution in [3.8, 4) is 6.01 Å². The second-order valence-electron chi connectivity index (χ2n) is 3.53. The molecule has 0 amide bonds. The fourth-order valence-electron chi connectivity index (χ4n) is 1.43. The van der Waals surface area contributed by atoms with Crippen LogP contribution in [0.4, 0.5) is 13.2 Å². The summed E-state index contributed by atoms with van der Waals surface area (Å²) >= 11 is 0. The summed E-state index contributed by atoms with van der Waals surface area (Å²) in [6, 6.07) is 4.28. The molecule has 0 N–H and O–H groups in total. The minimum absolute atomic E-state index is 0.219. The molecule has 0 unspecified atom stereocenters. The molecule has 0 radical (unpaired) electrons. The summed E-state index contributed by atoms with van der Waals surface area (Å²) < 4.78 is 38.2. The molecule has 0 aliphatic carbocycles. The smallest absolute Gasteiger partial charge is 0.416 e. The van der Waals surface area contributed by atoms with Crippen LogP contribution in [-0.4, -0.2) is 9.55 Å². The molecular formula is C11H8F3N2O-. The molecule has 3 nitrogen and oxygen atoms in total. The van der Waals surface area contributed by atoms with Gasteiger partial charge in [0.2, 0.25) is 0 Å². The predicted molar refractivity (Wildman–Crippen MR) is 52.2 cm³/mol. The van der Waals surface area contributed by atoms with Gasteiger partial charge in [0.1, 0.15) is 0 Å². The summed E-state index contributed by atoms with van der Waals surface area (Å²) in [4.78, 5) is 3.50. The molecule has 0 bridgehead atoms. The number of alkyl halides is 3. The predicted octanol–water partition coefficient (Wildman–Crippen LogP) is 2.02. The number of benzene rings is 1. The van der Waals surface area contributed by atoms with Gasteiger partial charge in [-0.3, -0.25) is 4.98 Å². The highest BCUT2D eigenvalue weighted by Gasteiger charge is 2.29. The lowest BCUT2D eigenvalue weighted by atomic mass is 10.1. The summed E-state index contributed by atoms with van der Waals surface area (Å²) in [5.74, 6) is 0. The molecule has 0 fully saturated rings. The normalized spacial score (nSPS) is 11.7. The van der Waals surface area contributed by atoms with Gasteiger partial charge in [-0.25, -0.2) is 0 Å². The zero-order valence-electron chi connectivity index (χ0n) is 8.61. The zero-order chi connectivity index (χ0) is 12.5. The number of hydrogen-bond acceptors (Lipinski definition) is 2. The first kappa shape index (κ1) is 11.5. The molecule has 0 saturated heterocycles. The average Bonchev–Trinajstić information content (AvgIpc) is 2.64. The highest BCUT2D eigenvalue weighted by Crippen LogP contribution is 2.29. The number of rotatable bonds is 2. The second kappa shape index (κ2) is 4.12. The van der Waals surface area contributed by atoms with Crippen LogP contribution in [0.25, 0.3) is 0 Å². The van der Waals surface area contributed by atoms with E-state index in [1.54, 1.807) is 0 Å². The Labute approximate surface area is 95.1 Å². The molecule has 1 aromatic carbocycles. The first-order chi connectivity index (χ1) is 7.97. The van der Waals surface area contributed by atoms with E-state index < -0.39 is 17.8 Å². The molecular weight excluding hydrogens is 233 g/mol. The maximum absolute atomic E-state index is 12.3. The van der Waals surface area contributed by atoms with Gasteiger partial charge in [-0.05, 0) is 17.7 Å². The molecule has 1 heterocycles. The van der Waals surface area contributed by atoms with Crippen molar-refractivity contribution in [2.75, 3.05) is 0 Å². The van der Waals surface area contributed by atoms with Crippen molar-refractivity contribution in [1.29, 1.82) is 0 Å². The molecule has 2 aromatic rings. The van der Waals surface area contributed by atoms with Gasteiger partial charge in [0, 0.05) is 18.9 Å².